The van der Waals surface area contributed by atoms with Crippen LogP contribution in [0.1, 0.15) is 24.0 Å². The molecule has 1 amide bonds. The molecule has 0 aromatic heterocycles. The molecule has 0 atom stereocenters. The maximum absolute atomic E-state index is 11.7. The van der Waals surface area contributed by atoms with Crippen molar-refractivity contribution in [3.63, 3.8) is 0 Å². The number of ether oxygens (including phenoxy) is 3. The summed E-state index contributed by atoms with van der Waals surface area (Å²) in [6.45, 7) is 1.87. The van der Waals surface area contributed by atoms with E-state index in [1.165, 1.54) is 11.1 Å². The summed E-state index contributed by atoms with van der Waals surface area (Å²) in [7, 11) is 1.77. The Morgan fingerprint density at radius 3 is 2.41 bits per heavy atom. The van der Waals surface area contributed by atoms with Crippen LogP contribution >= 0.6 is 0 Å². The van der Waals surface area contributed by atoms with E-state index < -0.39 is 0 Å². The number of amides is 1. The summed E-state index contributed by atoms with van der Waals surface area (Å²) in [5.74, 6) is 3.03. The van der Waals surface area contributed by atoms with E-state index in [-0.39, 0.29) is 12.5 Å². The van der Waals surface area contributed by atoms with Gasteiger partial charge in [-0.05, 0) is 61.1 Å². The molecule has 32 heavy (non-hydrogen) atoms. The first kappa shape index (κ1) is 21.8. The molecule has 2 aliphatic rings. The van der Waals surface area contributed by atoms with Crippen molar-refractivity contribution >= 4 is 11.9 Å². The first-order chi connectivity index (χ1) is 15.7. The van der Waals surface area contributed by atoms with Crippen LogP contribution in [-0.4, -0.2) is 51.4 Å². The number of hydrogen-bond donors (Lipinski definition) is 3. The summed E-state index contributed by atoms with van der Waals surface area (Å²) in [6.07, 6.45) is 3.87. The van der Waals surface area contributed by atoms with Gasteiger partial charge in [0.15, 0.2) is 24.1 Å². The average molecular weight is 439 g/mol. The van der Waals surface area contributed by atoms with Gasteiger partial charge in [0.2, 0.25) is 6.79 Å². The monoisotopic (exact) mass is 438 g/mol. The van der Waals surface area contributed by atoms with Crippen LogP contribution in [0.5, 0.6) is 17.2 Å². The van der Waals surface area contributed by atoms with Gasteiger partial charge in [-0.1, -0.05) is 18.2 Å². The molecule has 4 rings (SSSR count). The predicted octanol–water partition coefficient (Wildman–Crippen LogP) is 2.02. The van der Waals surface area contributed by atoms with Crippen molar-refractivity contribution in [1.82, 2.24) is 16.0 Å². The molecule has 1 aliphatic heterocycles. The Hall–Kier alpha value is -3.42. The third-order valence-electron chi connectivity index (χ3n) is 5.31. The Bertz CT molecular complexity index is 942. The van der Waals surface area contributed by atoms with Crippen molar-refractivity contribution in [2.75, 3.05) is 33.5 Å². The van der Waals surface area contributed by atoms with Crippen LogP contribution in [-0.2, 0) is 17.6 Å². The van der Waals surface area contributed by atoms with E-state index in [0.717, 1.165) is 56.2 Å². The Balaban J connectivity index is 1.12. The van der Waals surface area contributed by atoms with E-state index in [0.29, 0.717) is 18.6 Å². The van der Waals surface area contributed by atoms with Crippen molar-refractivity contribution in [3.8, 4) is 17.2 Å². The van der Waals surface area contributed by atoms with Gasteiger partial charge in [0.05, 0.1) is 0 Å². The quantitative estimate of drug-likeness (QED) is 0.388. The Kier molecular flexibility index (Phi) is 7.32. The number of carbonyl (C=O) groups is 1. The lowest BCUT2D eigenvalue weighted by molar-refractivity contribution is -0.123. The predicted molar refractivity (Wildman–Crippen MR) is 122 cm³/mol. The highest BCUT2D eigenvalue weighted by molar-refractivity contribution is 5.79. The van der Waals surface area contributed by atoms with Gasteiger partial charge in [0, 0.05) is 26.2 Å². The minimum absolute atomic E-state index is 0.0572. The van der Waals surface area contributed by atoms with Crippen LogP contribution in [0.4, 0.5) is 0 Å². The number of nitrogens with one attached hydrogen (secondary N) is 3. The number of guanidine groups is 1. The largest absolute Gasteiger partial charge is 0.484 e. The van der Waals surface area contributed by atoms with Crippen LogP contribution in [0.25, 0.3) is 0 Å². The average Bonchev–Trinajstić information content (AvgIpc) is 3.50. The molecule has 3 N–H and O–H groups in total. The number of carbonyl (C=O) groups excluding carboxylic acids is 1. The van der Waals surface area contributed by atoms with Crippen molar-refractivity contribution in [2.24, 2.45) is 4.99 Å². The van der Waals surface area contributed by atoms with Gasteiger partial charge in [-0.25, -0.2) is 0 Å². The maximum atomic E-state index is 11.7. The molecule has 0 spiro atoms. The first-order valence-electron chi connectivity index (χ1n) is 11.0. The fourth-order valence-corrected chi connectivity index (χ4v) is 3.37. The van der Waals surface area contributed by atoms with Gasteiger partial charge in [0.1, 0.15) is 5.75 Å². The molecule has 170 valence electrons. The van der Waals surface area contributed by atoms with Crippen LogP contribution in [0, 0.1) is 0 Å². The Morgan fingerprint density at radius 2 is 1.69 bits per heavy atom. The molecular formula is C24H30N4O4. The van der Waals surface area contributed by atoms with Crippen LogP contribution in [0.15, 0.2) is 47.5 Å². The van der Waals surface area contributed by atoms with Gasteiger partial charge in [-0.2, -0.15) is 0 Å². The molecular weight excluding hydrogens is 408 g/mol. The van der Waals surface area contributed by atoms with Gasteiger partial charge in [0.25, 0.3) is 5.91 Å². The molecule has 0 saturated heterocycles. The van der Waals surface area contributed by atoms with Gasteiger partial charge in [-0.15, -0.1) is 0 Å². The van der Waals surface area contributed by atoms with Crippen molar-refractivity contribution < 1.29 is 19.0 Å². The fourth-order valence-electron chi connectivity index (χ4n) is 3.37. The Labute approximate surface area is 188 Å². The zero-order chi connectivity index (χ0) is 22.2. The van der Waals surface area contributed by atoms with Crippen LogP contribution in [0.3, 0.4) is 0 Å². The fraction of sp³-hybridized carbons (Fsp3) is 0.417. The Morgan fingerprint density at radius 1 is 1.00 bits per heavy atom. The second-order valence-corrected chi connectivity index (χ2v) is 7.89. The SMILES string of the molecule is CN=C(NCCc1ccc(OCC(=O)NC2CC2)cc1)NCCc1ccc2c(c1)OCO2. The molecule has 8 nitrogen and oxygen atoms in total. The highest BCUT2D eigenvalue weighted by Crippen LogP contribution is 2.32. The molecule has 1 fully saturated rings. The van der Waals surface area contributed by atoms with Crippen LogP contribution < -0.4 is 30.2 Å². The van der Waals surface area contributed by atoms with E-state index in [2.05, 4.69) is 27.0 Å². The molecule has 0 bridgehead atoms. The molecule has 1 saturated carbocycles. The minimum atomic E-state index is -0.0572. The number of rotatable bonds is 10. The summed E-state index contributed by atoms with van der Waals surface area (Å²) < 4.78 is 16.3. The second-order valence-electron chi connectivity index (χ2n) is 7.89. The van der Waals surface area contributed by atoms with E-state index in [9.17, 15) is 4.79 Å². The molecule has 2 aromatic rings. The van der Waals surface area contributed by atoms with E-state index >= 15 is 0 Å². The number of benzene rings is 2. The standard InChI is InChI=1S/C24H30N4O4/c1-25-24(27-13-11-18-4-9-21-22(14-18)32-16-31-21)26-12-10-17-2-7-20(8-3-17)30-15-23(29)28-19-5-6-19/h2-4,7-9,14,19H,5-6,10-13,15-16H2,1H3,(H,28,29)(H2,25,26,27). The van der Waals surface area contributed by atoms with Crippen LogP contribution in [0.2, 0.25) is 0 Å². The zero-order valence-corrected chi connectivity index (χ0v) is 18.4. The topological polar surface area (TPSA) is 93.2 Å². The molecule has 1 aliphatic carbocycles. The van der Waals surface area contributed by atoms with E-state index in [1.54, 1.807) is 7.05 Å². The minimum Gasteiger partial charge on any atom is -0.484 e. The van der Waals surface area contributed by atoms with Gasteiger partial charge < -0.3 is 30.2 Å². The summed E-state index contributed by atoms with van der Waals surface area (Å²) in [6, 6.07) is 14.2. The second kappa shape index (κ2) is 10.7. The summed E-state index contributed by atoms with van der Waals surface area (Å²) in [5, 5.41) is 9.58. The third-order valence-corrected chi connectivity index (χ3v) is 5.31. The van der Waals surface area contributed by atoms with E-state index in [4.69, 9.17) is 14.2 Å². The number of fused-ring (bicyclic) bond motifs is 1. The number of nitrogens with zero attached hydrogens (tertiary/aromatic N) is 1. The highest BCUT2D eigenvalue weighted by Gasteiger charge is 2.23. The lowest BCUT2D eigenvalue weighted by Gasteiger charge is -2.12. The molecule has 0 unspecified atom stereocenters. The lowest BCUT2D eigenvalue weighted by atomic mass is 10.1. The normalized spacial score (nSPS) is 14.7. The van der Waals surface area contributed by atoms with Crippen molar-refractivity contribution in [3.05, 3.63) is 53.6 Å². The van der Waals surface area contributed by atoms with Crippen molar-refractivity contribution in [2.45, 2.75) is 31.7 Å². The smallest absolute Gasteiger partial charge is 0.258 e. The first-order valence-corrected chi connectivity index (χ1v) is 11.0. The van der Waals surface area contributed by atoms with Gasteiger partial charge >= 0.3 is 0 Å². The van der Waals surface area contributed by atoms with E-state index in [1.807, 2.05) is 36.4 Å². The highest BCUT2D eigenvalue weighted by atomic mass is 16.7. The molecule has 1 heterocycles. The van der Waals surface area contributed by atoms with Crippen molar-refractivity contribution in [1.29, 1.82) is 0 Å². The molecule has 2 aromatic carbocycles. The summed E-state index contributed by atoms with van der Waals surface area (Å²) in [4.78, 5) is 16.0. The number of aliphatic imine (C=N–C) groups is 1. The summed E-state index contributed by atoms with van der Waals surface area (Å²) >= 11 is 0. The van der Waals surface area contributed by atoms with Gasteiger partial charge in [-0.3, -0.25) is 9.79 Å². The maximum Gasteiger partial charge on any atom is 0.258 e. The molecule has 0 radical (unpaired) electrons. The summed E-state index contributed by atoms with van der Waals surface area (Å²) in [5.41, 5.74) is 2.37. The molecule has 8 heteroatoms. The number of hydrogen-bond acceptors (Lipinski definition) is 5. The zero-order valence-electron chi connectivity index (χ0n) is 18.4. The lowest BCUT2D eigenvalue weighted by Crippen LogP contribution is -2.39. The third kappa shape index (κ3) is 6.54.